The van der Waals surface area contributed by atoms with Gasteiger partial charge in [0.15, 0.2) is 0 Å². The quantitative estimate of drug-likeness (QED) is 0.864. The van der Waals surface area contributed by atoms with Gasteiger partial charge in [-0.2, -0.15) is 0 Å². The number of rotatable bonds is 5. The highest BCUT2D eigenvalue weighted by Gasteiger charge is 2.31. The lowest BCUT2D eigenvalue weighted by atomic mass is 10.2. The van der Waals surface area contributed by atoms with E-state index in [1.165, 1.54) is 50.9 Å². The smallest absolute Gasteiger partial charge is 0.0334 e. The summed E-state index contributed by atoms with van der Waals surface area (Å²) in [7, 11) is 0. The van der Waals surface area contributed by atoms with Crippen LogP contribution in [0.25, 0.3) is 0 Å². The van der Waals surface area contributed by atoms with Crippen molar-refractivity contribution in [2.75, 3.05) is 13.1 Å². The van der Waals surface area contributed by atoms with Crippen LogP contribution in [0.2, 0.25) is 0 Å². The number of nitrogens with one attached hydrogen (secondary N) is 1. The Morgan fingerprint density at radius 1 is 1.41 bits per heavy atom. The summed E-state index contributed by atoms with van der Waals surface area (Å²) in [6.07, 6.45) is 5.56. The first-order valence-corrected chi connectivity index (χ1v) is 7.71. The molecule has 17 heavy (non-hydrogen) atoms. The Labute approximate surface area is 108 Å². The lowest BCUT2D eigenvalue weighted by molar-refractivity contribution is 0.233. The van der Waals surface area contributed by atoms with Gasteiger partial charge in [0.25, 0.3) is 0 Å². The number of hydrogen-bond acceptors (Lipinski definition) is 3. The fourth-order valence-electron chi connectivity index (χ4n) is 2.73. The predicted octanol–water partition coefficient (Wildman–Crippen LogP) is 2.77. The molecular formula is C14H22N2S. The first kappa shape index (κ1) is 11.7. The number of thiophene rings is 1. The Bertz CT molecular complexity index is 364. The predicted molar refractivity (Wildman–Crippen MR) is 73.5 cm³/mol. The van der Waals surface area contributed by atoms with Gasteiger partial charge in [0.2, 0.25) is 0 Å². The van der Waals surface area contributed by atoms with Gasteiger partial charge in [-0.15, -0.1) is 11.3 Å². The zero-order chi connectivity index (χ0) is 11.7. The standard InChI is InChI=1S/C14H22N2S/c1-11-6-8-17-14(11)10-16(13-4-5-13)9-12-3-2-7-15-12/h6,8,12-13,15H,2-5,7,9-10H2,1H3. The van der Waals surface area contributed by atoms with Crippen LogP contribution in [0.3, 0.4) is 0 Å². The highest BCUT2D eigenvalue weighted by molar-refractivity contribution is 7.10. The first-order chi connectivity index (χ1) is 8.33. The molecule has 0 spiro atoms. The van der Waals surface area contributed by atoms with Gasteiger partial charge < -0.3 is 5.32 Å². The molecule has 2 fully saturated rings. The molecule has 1 aliphatic carbocycles. The minimum atomic E-state index is 0.746. The molecule has 2 nitrogen and oxygen atoms in total. The molecule has 1 saturated heterocycles. The maximum atomic E-state index is 3.63. The Morgan fingerprint density at radius 2 is 2.29 bits per heavy atom. The van der Waals surface area contributed by atoms with Crippen molar-refractivity contribution in [3.8, 4) is 0 Å². The number of nitrogens with zero attached hydrogens (tertiary/aromatic N) is 1. The van der Waals surface area contributed by atoms with Gasteiger partial charge in [0.05, 0.1) is 0 Å². The Kier molecular flexibility index (Phi) is 3.50. The Hall–Kier alpha value is -0.380. The molecule has 1 aromatic rings. The van der Waals surface area contributed by atoms with Gasteiger partial charge in [0.1, 0.15) is 0 Å². The SMILES string of the molecule is Cc1ccsc1CN(CC1CCCN1)C1CC1. The third-order valence-corrected chi connectivity index (χ3v) is 5.00. The average molecular weight is 250 g/mol. The van der Waals surface area contributed by atoms with E-state index in [4.69, 9.17) is 0 Å². The minimum Gasteiger partial charge on any atom is -0.313 e. The van der Waals surface area contributed by atoms with Crippen molar-refractivity contribution in [1.29, 1.82) is 0 Å². The molecular weight excluding hydrogens is 228 g/mol. The molecule has 0 amide bonds. The molecule has 2 heterocycles. The van der Waals surface area contributed by atoms with E-state index in [1.807, 2.05) is 11.3 Å². The van der Waals surface area contributed by atoms with Crippen molar-refractivity contribution in [2.24, 2.45) is 0 Å². The number of hydrogen-bond donors (Lipinski definition) is 1. The summed E-state index contributed by atoms with van der Waals surface area (Å²) >= 11 is 1.92. The topological polar surface area (TPSA) is 15.3 Å². The van der Waals surface area contributed by atoms with Crippen LogP contribution >= 0.6 is 11.3 Å². The molecule has 3 heteroatoms. The van der Waals surface area contributed by atoms with E-state index in [9.17, 15) is 0 Å². The normalized spacial score (nSPS) is 24.7. The molecule has 2 aliphatic rings. The second-order valence-electron chi connectivity index (χ2n) is 5.48. The van der Waals surface area contributed by atoms with Crippen molar-refractivity contribution < 1.29 is 0 Å². The van der Waals surface area contributed by atoms with E-state index in [0.717, 1.165) is 12.1 Å². The third-order valence-electron chi connectivity index (χ3n) is 4.00. The minimum absolute atomic E-state index is 0.746. The molecule has 0 bridgehead atoms. The van der Waals surface area contributed by atoms with E-state index in [1.54, 1.807) is 4.88 Å². The van der Waals surface area contributed by atoms with Gasteiger partial charge >= 0.3 is 0 Å². The van der Waals surface area contributed by atoms with E-state index in [0.29, 0.717) is 0 Å². The van der Waals surface area contributed by atoms with E-state index in [-0.39, 0.29) is 0 Å². The van der Waals surface area contributed by atoms with Crippen LogP contribution in [-0.2, 0) is 6.54 Å². The van der Waals surface area contributed by atoms with Crippen LogP contribution in [0, 0.1) is 6.92 Å². The summed E-state index contributed by atoms with van der Waals surface area (Å²) in [5.41, 5.74) is 1.47. The molecule has 0 radical (unpaired) electrons. The fourth-order valence-corrected chi connectivity index (χ4v) is 3.66. The maximum Gasteiger partial charge on any atom is 0.0334 e. The summed E-state index contributed by atoms with van der Waals surface area (Å²) in [6.45, 7) is 5.89. The molecule has 1 saturated carbocycles. The molecule has 1 atom stereocenters. The van der Waals surface area contributed by atoms with Crippen molar-refractivity contribution in [1.82, 2.24) is 10.2 Å². The van der Waals surface area contributed by atoms with Crippen LogP contribution in [0.1, 0.15) is 36.1 Å². The first-order valence-electron chi connectivity index (χ1n) is 6.83. The van der Waals surface area contributed by atoms with E-state index < -0.39 is 0 Å². The van der Waals surface area contributed by atoms with Crippen molar-refractivity contribution in [3.05, 3.63) is 21.9 Å². The number of aryl methyl sites for hydroxylation is 1. The monoisotopic (exact) mass is 250 g/mol. The van der Waals surface area contributed by atoms with Crippen LogP contribution < -0.4 is 5.32 Å². The van der Waals surface area contributed by atoms with Gasteiger partial charge in [-0.3, -0.25) is 4.90 Å². The summed E-state index contributed by atoms with van der Waals surface area (Å²) < 4.78 is 0. The molecule has 1 unspecified atom stereocenters. The largest absolute Gasteiger partial charge is 0.313 e. The summed E-state index contributed by atoms with van der Waals surface area (Å²) in [6, 6.07) is 3.87. The molecule has 1 N–H and O–H groups in total. The van der Waals surface area contributed by atoms with Crippen molar-refractivity contribution in [2.45, 2.75) is 51.2 Å². The average Bonchev–Trinajstić information content (AvgIpc) is 2.91. The lowest BCUT2D eigenvalue weighted by Gasteiger charge is -2.25. The Balaban J connectivity index is 1.61. The summed E-state index contributed by atoms with van der Waals surface area (Å²) in [4.78, 5) is 4.27. The fraction of sp³-hybridized carbons (Fsp3) is 0.714. The maximum absolute atomic E-state index is 3.63. The summed E-state index contributed by atoms with van der Waals surface area (Å²) in [5.74, 6) is 0. The van der Waals surface area contributed by atoms with Gasteiger partial charge in [0, 0.05) is 30.1 Å². The molecule has 1 aliphatic heterocycles. The van der Waals surface area contributed by atoms with Gasteiger partial charge in [-0.05, 0) is 56.2 Å². The molecule has 0 aromatic carbocycles. The second kappa shape index (κ2) is 5.09. The molecule has 1 aromatic heterocycles. The lowest BCUT2D eigenvalue weighted by Crippen LogP contribution is -2.38. The summed E-state index contributed by atoms with van der Waals surface area (Å²) in [5, 5.41) is 5.85. The molecule has 3 rings (SSSR count). The van der Waals surface area contributed by atoms with Crippen LogP contribution in [0.4, 0.5) is 0 Å². The van der Waals surface area contributed by atoms with Gasteiger partial charge in [-0.1, -0.05) is 0 Å². The van der Waals surface area contributed by atoms with Crippen molar-refractivity contribution in [3.63, 3.8) is 0 Å². The Morgan fingerprint density at radius 3 is 2.88 bits per heavy atom. The highest BCUT2D eigenvalue weighted by atomic mass is 32.1. The zero-order valence-electron chi connectivity index (χ0n) is 10.6. The third kappa shape index (κ3) is 2.90. The van der Waals surface area contributed by atoms with Crippen molar-refractivity contribution >= 4 is 11.3 Å². The zero-order valence-corrected chi connectivity index (χ0v) is 11.4. The highest BCUT2D eigenvalue weighted by Crippen LogP contribution is 2.30. The van der Waals surface area contributed by atoms with Crippen LogP contribution in [-0.4, -0.2) is 30.1 Å². The second-order valence-corrected chi connectivity index (χ2v) is 6.48. The van der Waals surface area contributed by atoms with E-state index >= 15 is 0 Å². The van der Waals surface area contributed by atoms with Gasteiger partial charge in [-0.25, -0.2) is 0 Å². The van der Waals surface area contributed by atoms with E-state index in [2.05, 4.69) is 28.6 Å². The van der Waals surface area contributed by atoms with Crippen LogP contribution in [0.15, 0.2) is 11.4 Å². The van der Waals surface area contributed by atoms with Crippen LogP contribution in [0.5, 0.6) is 0 Å². The molecule has 94 valence electrons.